The summed E-state index contributed by atoms with van der Waals surface area (Å²) in [6.45, 7) is 4.15. The molecule has 1 aliphatic rings. The Labute approximate surface area is 110 Å². The largest absolute Gasteiger partial charge is 0.318 e. The fourth-order valence-corrected chi connectivity index (χ4v) is 2.23. The molecule has 1 aliphatic heterocycles. The van der Waals surface area contributed by atoms with Crippen molar-refractivity contribution in [1.82, 2.24) is 9.91 Å². The minimum absolute atomic E-state index is 0.667. The lowest BCUT2D eigenvalue weighted by Gasteiger charge is -2.33. The monoisotopic (exact) mass is 294 g/mol. The molecule has 0 amide bonds. The SMILES string of the molecule is CN1CCN(Nc2ccc(C#N)cc2Br)CC1. The second-order valence-corrected chi connectivity index (χ2v) is 5.06. The van der Waals surface area contributed by atoms with Crippen molar-refractivity contribution >= 4 is 21.6 Å². The first-order valence-electron chi connectivity index (χ1n) is 5.59. The second-order valence-electron chi connectivity index (χ2n) is 4.21. The normalized spacial score (nSPS) is 17.7. The molecule has 2 rings (SSSR count). The van der Waals surface area contributed by atoms with Gasteiger partial charge in [-0.05, 0) is 41.2 Å². The number of rotatable bonds is 2. The van der Waals surface area contributed by atoms with Crippen LogP contribution in [0.5, 0.6) is 0 Å². The van der Waals surface area contributed by atoms with Crippen molar-refractivity contribution in [3.05, 3.63) is 28.2 Å². The van der Waals surface area contributed by atoms with E-state index in [9.17, 15) is 0 Å². The van der Waals surface area contributed by atoms with Crippen LogP contribution in [-0.2, 0) is 0 Å². The molecular weight excluding hydrogens is 280 g/mol. The minimum Gasteiger partial charge on any atom is -0.318 e. The van der Waals surface area contributed by atoms with E-state index >= 15 is 0 Å². The lowest BCUT2D eigenvalue weighted by atomic mass is 10.2. The molecule has 0 aromatic heterocycles. The summed E-state index contributed by atoms with van der Waals surface area (Å²) in [5.41, 5.74) is 5.05. The summed E-state index contributed by atoms with van der Waals surface area (Å²) in [6.07, 6.45) is 0. The van der Waals surface area contributed by atoms with Gasteiger partial charge in [-0.3, -0.25) is 0 Å². The van der Waals surface area contributed by atoms with Crippen LogP contribution < -0.4 is 5.43 Å². The van der Waals surface area contributed by atoms with Gasteiger partial charge < -0.3 is 10.3 Å². The van der Waals surface area contributed by atoms with Crippen molar-refractivity contribution < 1.29 is 0 Å². The highest BCUT2D eigenvalue weighted by Crippen LogP contribution is 2.24. The Morgan fingerprint density at radius 3 is 2.59 bits per heavy atom. The quantitative estimate of drug-likeness (QED) is 0.905. The molecule has 0 bridgehead atoms. The molecular formula is C12H15BrN4. The topological polar surface area (TPSA) is 42.3 Å². The van der Waals surface area contributed by atoms with Gasteiger partial charge in [0.25, 0.3) is 0 Å². The number of nitriles is 1. The Bertz CT molecular complexity index is 433. The summed E-state index contributed by atoms with van der Waals surface area (Å²) >= 11 is 3.48. The fourth-order valence-electron chi connectivity index (χ4n) is 1.76. The first kappa shape index (κ1) is 12.4. The van der Waals surface area contributed by atoms with Crippen LogP contribution in [0.2, 0.25) is 0 Å². The van der Waals surface area contributed by atoms with Crippen LogP contribution in [0, 0.1) is 11.3 Å². The number of hydrogen-bond donors (Lipinski definition) is 1. The Morgan fingerprint density at radius 2 is 2.00 bits per heavy atom. The molecule has 0 unspecified atom stereocenters. The average Bonchev–Trinajstić information content (AvgIpc) is 2.34. The van der Waals surface area contributed by atoms with E-state index in [1.165, 1.54) is 0 Å². The van der Waals surface area contributed by atoms with E-state index in [0.29, 0.717) is 5.56 Å². The first-order chi connectivity index (χ1) is 8.19. The minimum atomic E-state index is 0.667. The number of nitrogens with zero attached hydrogens (tertiary/aromatic N) is 3. The third-order valence-corrected chi connectivity index (χ3v) is 3.54. The van der Waals surface area contributed by atoms with Crippen LogP contribution in [0.15, 0.2) is 22.7 Å². The van der Waals surface area contributed by atoms with Crippen LogP contribution >= 0.6 is 15.9 Å². The van der Waals surface area contributed by atoms with Gasteiger partial charge in [-0.25, -0.2) is 5.01 Å². The standard InChI is InChI=1S/C12H15BrN4/c1-16-4-6-17(7-5-16)15-12-3-2-10(9-14)8-11(12)13/h2-3,8,15H,4-7H2,1H3. The highest BCUT2D eigenvalue weighted by Gasteiger charge is 2.14. The maximum absolute atomic E-state index is 8.80. The number of halogens is 1. The summed E-state index contributed by atoms with van der Waals surface area (Å²) in [7, 11) is 2.13. The second kappa shape index (κ2) is 5.50. The lowest BCUT2D eigenvalue weighted by Crippen LogP contribution is -2.46. The zero-order chi connectivity index (χ0) is 12.3. The van der Waals surface area contributed by atoms with Gasteiger partial charge in [0, 0.05) is 30.7 Å². The Kier molecular flexibility index (Phi) is 4.00. The summed E-state index contributed by atoms with van der Waals surface area (Å²) in [5, 5.41) is 11.0. The number of hydrogen-bond acceptors (Lipinski definition) is 4. The maximum atomic E-state index is 8.80. The van der Waals surface area contributed by atoms with Crippen molar-refractivity contribution in [3.63, 3.8) is 0 Å². The van der Waals surface area contributed by atoms with E-state index in [2.05, 4.69) is 44.4 Å². The highest BCUT2D eigenvalue weighted by atomic mass is 79.9. The Morgan fingerprint density at radius 1 is 1.29 bits per heavy atom. The van der Waals surface area contributed by atoms with E-state index in [4.69, 9.17) is 5.26 Å². The van der Waals surface area contributed by atoms with Crippen LogP contribution in [0.1, 0.15) is 5.56 Å². The van der Waals surface area contributed by atoms with Crippen LogP contribution in [0.3, 0.4) is 0 Å². The van der Waals surface area contributed by atoms with Gasteiger partial charge in [0.1, 0.15) is 0 Å². The van der Waals surface area contributed by atoms with Crippen LogP contribution in [-0.4, -0.2) is 43.1 Å². The molecule has 1 aromatic carbocycles. The zero-order valence-electron chi connectivity index (χ0n) is 9.78. The predicted octanol–water partition coefficient (Wildman–Crippen LogP) is 1.90. The molecule has 1 saturated heterocycles. The van der Waals surface area contributed by atoms with Crippen LogP contribution in [0.4, 0.5) is 5.69 Å². The van der Waals surface area contributed by atoms with Gasteiger partial charge in [0.15, 0.2) is 0 Å². The predicted molar refractivity (Wildman–Crippen MR) is 71.5 cm³/mol. The van der Waals surface area contributed by atoms with E-state index in [1.807, 2.05) is 18.2 Å². The molecule has 17 heavy (non-hydrogen) atoms. The maximum Gasteiger partial charge on any atom is 0.0992 e. The van der Waals surface area contributed by atoms with Crippen molar-refractivity contribution in [1.29, 1.82) is 5.26 Å². The van der Waals surface area contributed by atoms with E-state index in [1.54, 1.807) is 0 Å². The van der Waals surface area contributed by atoms with Crippen molar-refractivity contribution in [3.8, 4) is 6.07 Å². The van der Waals surface area contributed by atoms with Crippen LogP contribution in [0.25, 0.3) is 0 Å². The van der Waals surface area contributed by atoms with E-state index in [-0.39, 0.29) is 0 Å². The van der Waals surface area contributed by atoms with Gasteiger partial charge in [0.05, 0.1) is 17.3 Å². The molecule has 0 aliphatic carbocycles. The van der Waals surface area contributed by atoms with Gasteiger partial charge in [-0.1, -0.05) is 0 Å². The Hall–Kier alpha value is -1.09. The molecule has 1 heterocycles. The summed E-state index contributed by atoms with van der Waals surface area (Å²) in [5.74, 6) is 0. The number of benzene rings is 1. The van der Waals surface area contributed by atoms with E-state index in [0.717, 1.165) is 36.3 Å². The van der Waals surface area contributed by atoms with E-state index < -0.39 is 0 Å². The third kappa shape index (κ3) is 3.19. The van der Waals surface area contributed by atoms with Gasteiger partial charge in [-0.2, -0.15) is 5.26 Å². The molecule has 0 atom stereocenters. The van der Waals surface area contributed by atoms with Crippen molar-refractivity contribution in [2.45, 2.75) is 0 Å². The first-order valence-corrected chi connectivity index (χ1v) is 6.38. The molecule has 90 valence electrons. The van der Waals surface area contributed by atoms with Gasteiger partial charge >= 0.3 is 0 Å². The number of piperazine rings is 1. The molecule has 1 fully saturated rings. The number of anilines is 1. The molecule has 0 radical (unpaired) electrons. The number of hydrazine groups is 1. The van der Waals surface area contributed by atoms with Gasteiger partial charge in [-0.15, -0.1) is 0 Å². The zero-order valence-corrected chi connectivity index (χ0v) is 11.4. The summed E-state index contributed by atoms with van der Waals surface area (Å²) in [4.78, 5) is 2.31. The smallest absolute Gasteiger partial charge is 0.0992 e. The molecule has 4 nitrogen and oxygen atoms in total. The number of nitrogens with one attached hydrogen (secondary N) is 1. The molecule has 1 aromatic rings. The lowest BCUT2D eigenvalue weighted by molar-refractivity contribution is 0.179. The highest BCUT2D eigenvalue weighted by molar-refractivity contribution is 9.10. The average molecular weight is 295 g/mol. The fraction of sp³-hybridized carbons (Fsp3) is 0.417. The summed E-state index contributed by atoms with van der Waals surface area (Å²) in [6, 6.07) is 7.71. The molecule has 0 spiro atoms. The molecule has 1 N–H and O–H groups in total. The summed E-state index contributed by atoms with van der Waals surface area (Å²) < 4.78 is 0.926. The van der Waals surface area contributed by atoms with Gasteiger partial charge in [0.2, 0.25) is 0 Å². The Balaban J connectivity index is 2.02. The number of likely N-dealkylation sites (N-methyl/N-ethyl adjacent to an activating group) is 1. The molecule has 5 heteroatoms. The molecule has 0 saturated carbocycles. The van der Waals surface area contributed by atoms with Crippen molar-refractivity contribution in [2.75, 3.05) is 38.7 Å². The van der Waals surface area contributed by atoms with Crippen molar-refractivity contribution in [2.24, 2.45) is 0 Å². The third-order valence-electron chi connectivity index (χ3n) is 2.88.